The Kier molecular flexibility index (Phi) is 6.08. The van der Waals surface area contributed by atoms with Crippen LogP contribution in [-0.4, -0.2) is 60.4 Å². The number of benzene rings is 1. The molecule has 0 radical (unpaired) electrons. The van der Waals surface area contributed by atoms with Crippen molar-refractivity contribution in [1.29, 1.82) is 0 Å². The van der Waals surface area contributed by atoms with Gasteiger partial charge in [0.15, 0.2) is 0 Å². The molecule has 1 aliphatic heterocycles. The number of nitro benzene ring substituents is 2. The highest BCUT2D eigenvalue weighted by Gasteiger charge is 2.39. The maximum absolute atomic E-state index is 12.3. The highest BCUT2D eigenvalue weighted by molar-refractivity contribution is 6.06. The molecule has 0 saturated heterocycles. The fourth-order valence-corrected chi connectivity index (χ4v) is 2.62. The maximum Gasteiger partial charge on any atom is 0.355 e. The minimum Gasteiger partial charge on any atom is -0.478 e. The molecule has 0 aliphatic carbocycles. The molecule has 29 heavy (non-hydrogen) atoms. The van der Waals surface area contributed by atoms with E-state index in [4.69, 9.17) is 4.74 Å². The largest absolute Gasteiger partial charge is 0.478 e. The smallest absolute Gasteiger partial charge is 0.355 e. The molecule has 14 heteroatoms. The Hall–Kier alpha value is -4.07. The van der Waals surface area contributed by atoms with Gasteiger partial charge in [-0.2, -0.15) is 0 Å². The van der Waals surface area contributed by atoms with Crippen molar-refractivity contribution in [2.24, 2.45) is 0 Å². The topological polar surface area (TPSA) is 189 Å². The second-order valence-electron chi connectivity index (χ2n) is 5.40. The van der Waals surface area contributed by atoms with Crippen LogP contribution >= 0.6 is 0 Å². The SMILES string of the molecule is COC(=O)C1=C(C(=O)OC)N(c2c(C(=O)O)cc([N+](=O)[O-])cc2[N+](=O)[O-])COC1. The first-order valence-electron chi connectivity index (χ1n) is 7.59. The summed E-state index contributed by atoms with van der Waals surface area (Å²) in [5.41, 5.74) is -4.34. The Morgan fingerprint density at radius 2 is 1.72 bits per heavy atom. The van der Waals surface area contributed by atoms with E-state index in [1.54, 1.807) is 0 Å². The van der Waals surface area contributed by atoms with Gasteiger partial charge in [-0.3, -0.25) is 20.2 Å². The van der Waals surface area contributed by atoms with Crippen molar-refractivity contribution in [3.8, 4) is 0 Å². The summed E-state index contributed by atoms with van der Waals surface area (Å²) in [6.07, 6.45) is 0. The molecule has 0 unspecified atom stereocenters. The number of esters is 2. The summed E-state index contributed by atoms with van der Waals surface area (Å²) >= 11 is 0. The summed E-state index contributed by atoms with van der Waals surface area (Å²) in [4.78, 5) is 57.3. The number of rotatable bonds is 6. The average molecular weight is 411 g/mol. The third-order valence-electron chi connectivity index (χ3n) is 3.82. The van der Waals surface area contributed by atoms with E-state index >= 15 is 0 Å². The number of hydrogen-bond donors (Lipinski definition) is 1. The normalized spacial score (nSPS) is 13.7. The average Bonchev–Trinajstić information content (AvgIpc) is 2.70. The van der Waals surface area contributed by atoms with Gasteiger partial charge in [0.25, 0.3) is 5.69 Å². The molecule has 0 aromatic heterocycles. The Balaban J connectivity index is 2.91. The Morgan fingerprint density at radius 3 is 2.21 bits per heavy atom. The first-order chi connectivity index (χ1) is 13.6. The van der Waals surface area contributed by atoms with Crippen molar-refractivity contribution < 1.29 is 43.5 Å². The van der Waals surface area contributed by atoms with Crippen molar-refractivity contribution in [3.05, 3.63) is 49.2 Å². The molecule has 0 bridgehead atoms. The Morgan fingerprint density at radius 1 is 1.10 bits per heavy atom. The second kappa shape index (κ2) is 8.30. The van der Waals surface area contributed by atoms with E-state index in [1.807, 2.05) is 0 Å². The lowest BCUT2D eigenvalue weighted by Crippen LogP contribution is -2.39. The summed E-state index contributed by atoms with van der Waals surface area (Å²) in [6.45, 7) is -0.999. The van der Waals surface area contributed by atoms with Gasteiger partial charge >= 0.3 is 23.6 Å². The van der Waals surface area contributed by atoms with E-state index in [1.165, 1.54) is 0 Å². The van der Waals surface area contributed by atoms with Crippen LogP contribution in [0.3, 0.4) is 0 Å². The predicted molar refractivity (Wildman–Crippen MR) is 91.1 cm³/mol. The monoisotopic (exact) mass is 411 g/mol. The van der Waals surface area contributed by atoms with Crippen molar-refractivity contribution in [2.75, 3.05) is 32.5 Å². The lowest BCUT2D eigenvalue weighted by molar-refractivity contribution is -0.393. The van der Waals surface area contributed by atoms with Gasteiger partial charge in [0.05, 0.1) is 47.9 Å². The van der Waals surface area contributed by atoms with Gasteiger partial charge in [-0.05, 0) is 0 Å². The molecule has 1 aromatic rings. The van der Waals surface area contributed by atoms with E-state index < -0.39 is 69.4 Å². The maximum atomic E-state index is 12.3. The molecule has 1 aliphatic rings. The number of carboxylic acids is 1. The molecule has 0 saturated carbocycles. The van der Waals surface area contributed by atoms with Gasteiger partial charge in [0.2, 0.25) is 0 Å². The van der Waals surface area contributed by atoms with Gasteiger partial charge in [-0.1, -0.05) is 0 Å². The lowest BCUT2D eigenvalue weighted by atomic mass is 10.1. The number of nitrogens with zero attached hydrogens (tertiary/aromatic N) is 3. The van der Waals surface area contributed by atoms with Crippen molar-refractivity contribution >= 4 is 35.0 Å². The minimum absolute atomic E-state index is 0.380. The number of anilines is 1. The Labute approximate surface area is 161 Å². The van der Waals surface area contributed by atoms with Gasteiger partial charge in [-0.15, -0.1) is 0 Å². The van der Waals surface area contributed by atoms with Gasteiger partial charge in [-0.25, -0.2) is 14.4 Å². The Bertz CT molecular complexity index is 918. The highest BCUT2D eigenvalue weighted by Crippen LogP contribution is 2.39. The predicted octanol–water partition coefficient (Wildman–Crippen LogP) is 0.595. The van der Waals surface area contributed by atoms with Crippen LogP contribution in [0.25, 0.3) is 0 Å². The molecule has 154 valence electrons. The molecule has 1 heterocycles. The van der Waals surface area contributed by atoms with E-state index in [0.717, 1.165) is 19.1 Å². The number of nitro groups is 2. The fraction of sp³-hybridized carbons (Fsp3) is 0.267. The lowest BCUT2D eigenvalue weighted by Gasteiger charge is -2.31. The zero-order valence-corrected chi connectivity index (χ0v) is 14.9. The van der Waals surface area contributed by atoms with E-state index in [9.17, 15) is 39.7 Å². The molecule has 1 N–H and O–H groups in total. The third kappa shape index (κ3) is 3.96. The summed E-state index contributed by atoms with van der Waals surface area (Å²) in [5, 5.41) is 32.1. The van der Waals surface area contributed by atoms with Crippen LogP contribution in [0, 0.1) is 20.2 Å². The first kappa shape index (κ1) is 21.2. The first-order valence-corrected chi connectivity index (χ1v) is 7.59. The van der Waals surface area contributed by atoms with Crippen LogP contribution in [-0.2, 0) is 23.8 Å². The van der Waals surface area contributed by atoms with Crippen LogP contribution in [0.2, 0.25) is 0 Å². The summed E-state index contributed by atoms with van der Waals surface area (Å²) in [5.74, 6) is -3.89. The number of hydrogen-bond acceptors (Lipinski definition) is 11. The molecule has 2 rings (SSSR count). The number of carbonyl (C=O) groups is 3. The molecule has 0 spiro atoms. The molecular weight excluding hydrogens is 398 g/mol. The number of aromatic carboxylic acids is 1. The number of non-ortho nitro benzene ring substituents is 1. The van der Waals surface area contributed by atoms with Crippen molar-refractivity contribution in [1.82, 2.24) is 0 Å². The van der Waals surface area contributed by atoms with Crippen LogP contribution in [0.1, 0.15) is 10.4 Å². The highest BCUT2D eigenvalue weighted by atomic mass is 16.6. The van der Waals surface area contributed by atoms with E-state index in [2.05, 4.69) is 9.47 Å². The zero-order chi connectivity index (χ0) is 21.9. The molecule has 0 amide bonds. The number of carbonyl (C=O) groups excluding carboxylic acids is 2. The molecule has 0 fully saturated rings. The minimum atomic E-state index is -1.75. The van der Waals surface area contributed by atoms with Crippen molar-refractivity contribution in [2.45, 2.75) is 0 Å². The van der Waals surface area contributed by atoms with E-state index in [0.29, 0.717) is 12.1 Å². The van der Waals surface area contributed by atoms with E-state index in [-0.39, 0.29) is 5.57 Å². The number of methoxy groups -OCH3 is 2. The standard InChI is InChI=1S/C15H13N3O11/c1-27-14(21)9-5-29-6-16(12(9)15(22)28-2)11-8(13(19)20)3-7(17(23)24)4-10(11)18(25)26/h3-4H,5-6H2,1-2H3,(H,19,20). The summed E-state index contributed by atoms with van der Waals surface area (Å²) in [6, 6.07) is 1.12. The number of ether oxygens (including phenoxy) is 3. The zero-order valence-electron chi connectivity index (χ0n) is 14.9. The fourth-order valence-electron chi connectivity index (χ4n) is 2.62. The van der Waals surface area contributed by atoms with Crippen LogP contribution < -0.4 is 4.90 Å². The molecule has 0 atom stereocenters. The van der Waals surface area contributed by atoms with Crippen LogP contribution in [0.4, 0.5) is 17.1 Å². The van der Waals surface area contributed by atoms with Gasteiger partial charge in [0, 0.05) is 6.07 Å². The quantitative estimate of drug-likeness (QED) is 0.390. The third-order valence-corrected chi connectivity index (χ3v) is 3.82. The number of carboxylic acid groups (broad SMARTS) is 1. The van der Waals surface area contributed by atoms with Crippen molar-refractivity contribution in [3.63, 3.8) is 0 Å². The molecule has 1 aromatic carbocycles. The molecular formula is C15H13N3O11. The van der Waals surface area contributed by atoms with Gasteiger partial charge < -0.3 is 24.2 Å². The molecule has 14 nitrogen and oxygen atoms in total. The van der Waals surface area contributed by atoms with Crippen LogP contribution in [0.15, 0.2) is 23.4 Å². The second-order valence-corrected chi connectivity index (χ2v) is 5.40. The summed E-state index contributed by atoms with van der Waals surface area (Å²) in [7, 11) is 1.99. The van der Waals surface area contributed by atoms with Crippen LogP contribution in [0.5, 0.6) is 0 Å². The van der Waals surface area contributed by atoms with Gasteiger partial charge in [0.1, 0.15) is 18.1 Å². The summed E-state index contributed by atoms with van der Waals surface area (Å²) < 4.78 is 14.3.